The first-order valence-corrected chi connectivity index (χ1v) is 3.39. The highest BCUT2D eigenvalue weighted by atomic mass is 16.7. The van der Waals surface area contributed by atoms with Gasteiger partial charge in [0.05, 0.1) is 0 Å². The minimum absolute atomic E-state index is 0.0881. The SMILES string of the molecule is COC(CC=C(C)C)OC. The fourth-order valence-electron chi connectivity index (χ4n) is 0.621. The van der Waals surface area contributed by atoms with Crippen molar-refractivity contribution in [3.63, 3.8) is 0 Å². The van der Waals surface area contributed by atoms with Crippen LogP contribution in [0.25, 0.3) is 0 Å². The van der Waals surface area contributed by atoms with E-state index in [1.165, 1.54) is 5.57 Å². The van der Waals surface area contributed by atoms with Crippen LogP contribution in [-0.4, -0.2) is 20.5 Å². The summed E-state index contributed by atoms with van der Waals surface area (Å²) in [7, 11) is 3.29. The Labute approximate surface area is 62.8 Å². The number of hydrogen-bond donors (Lipinski definition) is 0. The number of ether oxygens (including phenoxy) is 2. The quantitative estimate of drug-likeness (QED) is 0.443. The Morgan fingerprint density at radius 1 is 1.30 bits per heavy atom. The van der Waals surface area contributed by atoms with Gasteiger partial charge in [0.25, 0.3) is 0 Å². The predicted octanol–water partition coefficient (Wildman–Crippen LogP) is 1.96. The van der Waals surface area contributed by atoms with Crippen molar-refractivity contribution in [2.45, 2.75) is 26.6 Å². The molecule has 0 aromatic carbocycles. The third-order valence-electron chi connectivity index (χ3n) is 1.24. The highest BCUT2D eigenvalue weighted by Crippen LogP contribution is 2.01. The Morgan fingerprint density at radius 2 is 1.80 bits per heavy atom. The average molecular weight is 144 g/mol. The normalized spacial score (nSPS) is 10.1. The number of hydrogen-bond acceptors (Lipinski definition) is 2. The maximum atomic E-state index is 4.98. The second-order valence-electron chi connectivity index (χ2n) is 2.42. The van der Waals surface area contributed by atoms with Crippen LogP contribution in [0.3, 0.4) is 0 Å². The molecule has 0 aliphatic heterocycles. The molecule has 0 aromatic rings. The van der Waals surface area contributed by atoms with Crippen LogP contribution in [0.5, 0.6) is 0 Å². The van der Waals surface area contributed by atoms with E-state index in [0.29, 0.717) is 0 Å². The zero-order valence-electron chi connectivity index (χ0n) is 7.18. The van der Waals surface area contributed by atoms with Gasteiger partial charge in [0.2, 0.25) is 0 Å². The summed E-state index contributed by atoms with van der Waals surface area (Å²) in [4.78, 5) is 0. The van der Waals surface area contributed by atoms with E-state index in [4.69, 9.17) is 9.47 Å². The molecular weight excluding hydrogens is 128 g/mol. The highest BCUT2D eigenvalue weighted by molar-refractivity contribution is 4.93. The molecule has 0 aliphatic rings. The third-order valence-corrected chi connectivity index (χ3v) is 1.24. The summed E-state index contributed by atoms with van der Waals surface area (Å²) >= 11 is 0. The smallest absolute Gasteiger partial charge is 0.160 e. The first-order valence-electron chi connectivity index (χ1n) is 3.39. The molecule has 0 N–H and O–H groups in total. The van der Waals surface area contributed by atoms with Crippen molar-refractivity contribution in [3.05, 3.63) is 11.6 Å². The molecule has 0 aliphatic carbocycles. The fraction of sp³-hybridized carbons (Fsp3) is 0.750. The third kappa shape index (κ3) is 4.53. The lowest BCUT2D eigenvalue weighted by molar-refractivity contribution is -0.0987. The zero-order valence-corrected chi connectivity index (χ0v) is 7.18. The van der Waals surface area contributed by atoms with Gasteiger partial charge >= 0.3 is 0 Å². The molecule has 0 saturated carbocycles. The summed E-state index contributed by atoms with van der Waals surface area (Å²) in [6.07, 6.45) is 2.84. The molecule has 0 radical (unpaired) electrons. The van der Waals surface area contributed by atoms with Crippen molar-refractivity contribution >= 4 is 0 Å². The molecule has 0 aromatic heterocycles. The van der Waals surface area contributed by atoms with Crippen molar-refractivity contribution in [2.24, 2.45) is 0 Å². The van der Waals surface area contributed by atoms with E-state index >= 15 is 0 Å². The Balaban J connectivity index is 3.54. The van der Waals surface area contributed by atoms with Crippen LogP contribution in [0.4, 0.5) is 0 Å². The average Bonchev–Trinajstić information content (AvgIpc) is 1.90. The van der Waals surface area contributed by atoms with Gasteiger partial charge in [-0.25, -0.2) is 0 Å². The van der Waals surface area contributed by atoms with Gasteiger partial charge in [-0.1, -0.05) is 11.6 Å². The number of rotatable bonds is 4. The molecule has 2 heteroatoms. The van der Waals surface area contributed by atoms with Gasteiger partial charge < -0.3 is 9.47 Å². The second-order valence-corrected chi connectivity index (χ2v) is 2.42. The van der Waals surface area contributed by atoms with E-state index < -0.39 is 0 Å². The zero-order chi connectivity index (χ0) is 7.98. The van der Waals surface area contributed by atoms with Crippen LogP contribution in [0, 0.1) is 0 Å². The van der Waals surface area contributed by atoms with Gasteiger partial charge in [0, 0.05) is 20.6 Å². The first kappa shape index (κ1) is 9.66. The summed E-state index contributed by atoms with van der Waals surface area (Å²) in [5, 5.41) is 0. The van der Waals surface area contributed by atoms with Crippen molar-refractivity contribution in [2.75, 3.05) is 14.2 Å². The lowest BCUT2D eigenvalue weighted by Gasteiger charge is -2.10. The monoisotopic (exact) mass is 144 g/mol. The molecule has 0 unspecified atom stereocenters. The summed E-state index contributed by atoms with van der Waals surface area (Å²) in [6, 6.07) is 0. The van der Waals surface area contributed by atoms with E-state index in [1.807, 2.05) is 0 Å². The minimum Gasteiger partial charge on any atom is -0.356 e. The molecule has 0 atom stereocenters. The first-order chi connectivity index (χ1) is 4.70. The van der Waals surface area contributed by atoms with Gasteiger partial charge in [-0.3, -0.25) is 0 Å². The molecule has 10 heavy (non-hydrogen) atoms. The standard InChI is InChI=1S/C8H16O2/c1-7(2)5-6-8(9-3)10-4/h5,8H,6H2,1-4H3. The highest BCUT2D eigenvalue weighted by Gasteiger charge is 1.99. The predicted molar refractivity (Wildman–Crippen MR) is 41.9 cm³/mol. The molecule has 0 bridgehead atoms. The van der Waals surface area contributed by atoms with Crippen molar-refractivity contribution in [3.8, 4) is 0 Å². The molecule has 0 fully saturated rings. The second kappa shape index (κ2) is 5.45. The van der Waals surface area contributed by atoms with E-state index in [0.717, 1.165) is 6.42 Å². The van der Waals surface area contributed by atoms with Crippen LogP contribution in [-0.2, 0) is 9.47 Å². The van der Waals surface area contributed by atoms with Crippen LogP contribution in [0.2, 0.25) is 0 Å². The van der Waals surface area contributed by atoms with Gasteiger partial charge in [-0.15, -0.1) is 0 Å². The Hall–Kier alpha value is -0.340. The van der Waals surface area contributed by atoms with Crippen molar-refractivity contribution < 1.29 is 9.47 Å². The summed E-state index contributed by atoms with van der Waals surface area (Å²) in [6.45, 7) is 4.12. The maximum absolute atomic E-state index is 4.98. The number of allylic oxidation sites excluding steroid dienone is 1. The van der Waals surface area contributed by atoms with Crippen LogP contribution < -0.4 is 0 Å². The summed E-state index contributed by atoms with van der Waals surface area (Å²) in [5.41, 5.74) is 1.29. The van der Waals surface area contributed by atoms with E-state index in [1.54, 1.807) is 14.2 Å². The Morgan fingerprint density at radius 3 is 2.10 bits per heavy atom. The minimum atomic E-state index is -0.0881. The molecule has 0 amide bonds. The van der Waals surface area contributed by atoms with E-state index in [-0.39, 0.29) is 6.29 Å². The Bertz CT molecular complexity index is 99.8. The fourth-order valence-corrected chi connectivity index (χ4v) is 0.621. The molecule has 0 saturated heterocycles. The van der Waals surface area contributed by atoms with E-state index in [2.05, 4.69) is 19.9 Å². The largest absolute Gasteiger partial charge is 0.356 e. The van der Waals surface area contributed by atoms with Crippen LogP contribution in [0.15, 0.2) is 11.6 Å². The summed E-state index contributed by atoms with van der Waals surface area (Å²) in [5.74, 6) is 0. The van der Waals surface area contributed by atoms with Gasteiger partial charge in [-0.05, 0) is 13.8 Å². The molecular formula is C8H16O2. The van der Waals surface area contributed by atoms with Crippen molar-refractivity contribution in [1.29, 1.82) is 0 Å². The molecule has 0 rings (SSSR count). The summed E-state index contributed by atoms with van der Waals surface area (Å²) < 4.78 is 9.97. The lowest BCUT2D eigenvalue weighted by Crippen LogP contribution is -2.11. The Kier molecular flexibility index (Phi) is 5.26. The maximum Gasteiger partial charge on any atom is 0.160 e. The molecule has 0 spiro atoms. The van der Waals surface area contributed by atoms with Gasteiger partial charge in [0.15, 0.2) is 6.29 Å². The van der Waals surface area contributed by atoms with Crippen molar-refractivity contribution in [1.82, 2.24) is 0 Å². The molecule has 2 nitrogen and oxygen atoms in total. The molecule has 0 heterocycles. The van der Waals surface area contributed by atoms with Crippen LogP contribution >= 0.6 is 0 Å². The van der Waals surface area contributed by atoms with Gasteiger partial charge in [0.1, 0.15) is 0 Å². The van der Waals surface area contributed by atoms with Crippen LogP contribution in [0.1, 0.15) is 20.3 Å². The lowest BCUT2D eigenvalue weighted by atomic mass is 10.2. The van der Waals surface area contributed by atoms with E-state index in [9.17, 15) is 0 Å². The number of methoxy groups -OCH3 is 2. The molecule has 60 valence electrons. The van der Waals surface area contributed by atoms with Gasteiger partial charge in [-0.2, -0.15) is 0 Å². The topological polar surface area (TPSA) is 18.5 Å².